The second-order valence-corrected chi connectivity index (χ2v) is 6.71. The van der Waals surface area contributed by atoms with Crippen LogP contribution in [-0.4, -0.2) is 97.9 Å². The summed E-state index contributed by atoms with van der Waals surface area (Å²) in [6.07, 6.45) is 0.760. The van der Waals surface area contributed by atoms with Crippen LogP contribution in [0.15, 0.2) is 0 Å². The molecular weight excluding hydrogens is 268 g/mol. The first kappa shape index (κ1) is 14.8. The Hall–Kier alpha value is -1.14. The molecule has 0 N–H and O–H groups in total. The van der Waals surface area contributed by atoms with E-state index in [2.05, 4.69) is 23.9 Å². The number of carbonyl (C=O) groups is 2. The summed E-state index contributed by atoms with van der Waals surface area (Å²) in [6.45, 7) is 6.99. The number of amides is 2. The van der Waals surface area contributed by atoms with E-state index in [0.717, 1.165) is 58.8 Å². The van der Waals surface area contributed by atoms with Crippen molar-refractivity contribution in [1.29, 1.82) is 0 Å². The van der Waals surface area contributed by atoms with Crippen molar-refractivity contribution in [2.45, 2.75) is 6.42 Å². The molecule has 6 nitrogen and oxygen atoms in total. The van der Waals surface area contributed by atoms with Crippen molar-refractivity contribution >= 4 is 11.8 Å². The summed E-state index contributed by atoms with van der Waals surface area (Å²) in [6, 6.07) is 0. The summed E-state index contributed by atoms with van der Waals surface area (Å²) in [5, 5.41) is 0. The van der Waals surface area contributed by atoms with E-state index in [1.54, 1.807) is 0 Å². The van der Waals surface area contributed by atoms with Crippen LogP contribution in [0.1, 0.15) is 6.42 Å². The molecule has 2 amide bonds. The van der Waals surface area contributed by atoms with Crippen LogP contribution in [0.5, 0.6) is 0 Å². The molecule has 2 aliphatic heterocycles. The highest BCUT2D eigenvalue weighted by molar-refractivity contribution is 5.92. The van der Waals surface area contributed by atoms with Gasteiger partial charge in [-0.3, -0.25) is 9.59 Å². The summed E-state index contributed by atoms with van der Waals surface area (Å²) in [4.78, 5) is 33.3. The molecule has 0 aromatic heterocycles. The number of likely N-dealkylation sites (N-methyl/N-ethyl adjacent to an activating group) is 2. The van der Waals surface area contributed by atoms with E-state index in [1.807, 2.05) is 9.80 Å². The van der Waals surface area contributed by atoms with Crippen molar-refractivity contribution in [1.82, 2.24) is 19.6 Å². The predicted octanol–water partition coefficient (Wildman–Crippen LogP) is -0.829. The van der Waals surface area contributed by atoms with Crippen LogP contribution >= 0.6 is 0 Å². The summed E-state index contributed by atoms with van der Waals surface area (Å²) in [7, 11) is 4.16. The first-order chi connectivity index (χ1) is 10.1. The molecule has 2 heterocycles. The van der Waals surface area contributed by atoms with E-state index in [0.29, 0.717) is 0 Å². The van der Waals surface area contributed by atoms with E-state index in [-0.39, 0.29) is 23.7 Å². The van der Waals surface area contributed by atoms with Gasteiger partial charge in [-0.1, -0.05) is 0 Å². The number of carbonyl (C=O) groups excluding carboxylic acids is 2. The molecule has 0 aromatic rings. The second kappa shape index (κ2) is 5.93. The second-order valence-electron chi connectivity index (χ2n) is 6.71. The summed E-state index contributed by atoms with van der Waals surface area (Å²) in [5.41, 5.74) is 0. The van der Waals surface area contributed by atoms with Crippen molar-refractivity contribution in [2.24, 2.45) is 11.8 Å². The lowest BCUT2D eigenvalue weighted by atomic mass is 10.2. The van der Waals surface area contributed by atoms with Crippen LogP contribution in [0.3, 0.4) is 0 Å². The van der Waals surface area contributed by atoms with E-state index in [1.165, 1.54) is 0 Å². The fourth-order valence-corrected chi connectivity index (χ4v) is 3.26. The SMILES string of the molecule is CN1CCN(C(=O)C2CC2C(=O)N2CCN(C)CC2)CC1. The Kier molecular flexibility index (Phi) is 4.17. The van der Waals surface area contributed by atoms with Crippen molar-refractivity contribution in [3.8, 4) is 0 Å². The average molecular weight is 294 g/mol. The first-order valence-corrected chi connectivity index (χ1v) is 8.01. The Labute approximate surface area is 126 Å². The molecular formula is C15H26N4O2. The Bertz CT molecular complexity index is 374. The van der Waals surface area contributed by atoms with Gasteiger partial charge in [-0.25, -0.2) is 0 Å². The number of piperazine rings is 2. The quantitative estimate of drug-likeness (QED) is 0.667. The maximum absolute atomic E-state index is 12.4. The van der Waals surface area contributed by atoms with Gasteiger partial charge in [-0.15, -0.1) is 0 Å². The summed E-state index contributed by atoms with van der Waals surface area (Å²) < 4.78 is 0. The Balaban J connectivity index is 1.49. The molecule has 1 saturated carbocycles. The average Bonchev–Trinajstić information content (AvgIpc) is 3.28. The van der Waals surface area contributed by atoms with Gasteiger partial charge in [0.2, 0.25) is 11.8 Å². The zero-order valence-corrected chi connectivity index (χ0v) is 13.1. The third-order valence-electron chi connectivity index (χ3n) is 5.05. The van der Waals surface area contributed by atoms with Crippen LogP contribution in [-0.2, 0) is 9.59 Å². The molecule has 2 atom stereocenters. The van der Waals surface area contributed by atoms with Gasteiger partial charge in [0.25, 0.3) is 0 Å². The van der Waals surface area contributed by atoms with Crippen LogP contribution in [0.2, 0.25) is 0 Å². The lowest BCUT2D eigenvalue weighted by Crippen LogP contribution is -2.49. The molecule has 2 saturated heterocycles. The maximum atomic E-state index is 12.4. The number of rotatable bonds is 2. The summed E-state index contributed by atoms with van der Waals surface area (Å²) >= 11 is 0. The molecule has 0 bridgehead atoms. The molecule has 6 heteroatoms. The number of hydrogen-bond acceptors (Lipinski definition) is 4. The number of nitrogens with zero attached hydrogens (tertiary/aromatic N) is 4. The monoisotopic (exact) mass is 294 g/mol. The molecule has 3 rings (SSSR count). The van der Waals surface area contributed by atoms with Crippen molar-refractivity contribution < 1.29 is 9.59 Å². The zero-order chi connectivity index (χ0) is 15.0. The van der Waals surface area contributed by atoms with Gasteiger partial charge in [0, 0.05) is 52.4 Å². The van der Waals surface area contributed by atoms with Gasteiger partial charge in [0.15, 0.2) is 0 Å². The molecule has 3 fully saturated rings. The molecule has 1 aliphatic carbocycles. The molecule has 3 aliphatic rings. The molecule has 21 heavy (non-hydrogen) atoms. The normalized spacial score (nSPS) is 31.3. The lowest BCUT2D eigenvalue weighted by molar-refractivity contribution is -0.139. The fraction of sp³-hybridized carbons (Fsp3) is 0.867. The minimum atomic E-state index is -0.0411. The zero-order valence-electron chi connectivity index (χ0n) is 13.1. The highest BCUT2D eigenvalue weighted by Gasteiger charge is 2.51. The van der Waals surface area contributed by atoms with Gasteiger partial charge in [0.1, 0.15) is 0 Å². The summed E-state index contributed by atoms with van der Waals surface area (Å²) in [5.74, 6) is 0.326. The topological polar surface area (TPSA) is 47.1 Å². The molecule has 0 radical (unpaired) electrons. The standard InChI is InChI=1S/C15H26N4O2/c1-16-3-7-18(8-4-16)14(20)12-11-13(12)15(21)19-9-5-17(2)6-10-19/h12-13H,3-11H2,1-2H3. The molecule has 2 unspecified atom stereocenters. The molecule has 118 valence electrons. The molecule has 0 aromatic carbocycles. The number of hydrogen-bond donors (Lipinski definition) is 0. The van der Waals surface area contributed by atoms with Crippen molar-refractivity contribution in [3.05, 3.63) is 0 Å². The largest absolute Gasteiger partial charge is 0.340 e. The van der Waals surface area contributed by atoms with Gasteiger partial charge in [-0.2, -0.15) is 0 Å². The predicted molar refractivity (Wildman–Crippen MR) is 79.8 cm³/mol. The van der Waals surface area contributed by atoms with Crippen LogP contribution < -0.4 is 0 Å². The smallest absolute Gasteiger partial charge is 0.226 e. The third-order valence-corrected chi connectivity index (χ3v) is 5.05. The minimum Gasteiger partial charge on any atom is -0.340 e. The van der Waals surface area contributed by atoms with Gasteiger partial charge >= 0.3 is 0 Å². The highest BCUT2D eigenvalue weighted by atomic mass is 16.2. The van der Waals surface area contributed by atoms with E-state index in [4.69, 9.17) is 0 Å². The minimum absolute atomic E-state index is 0.0411. The van der Waals surface area contributed by atoms with Gasteiger partial charge in [-0.05, 0) is 20.5 Å². The Morgan fingerprint density at radius 1 is 0.667 bits per heavy atom. The molecule has 0 spiro atoms. The fourth-order valence-electron chi connectivity index (χ4n) is 3.26. The van der Waals surface area contributed by atoms with Gasteiger partial charge in [0.05, 0.1) is 11.8 Å². The third kappa shape index (κ3) is 3.21. The van der Waals surface area contributed by atoms with E-state index >= 15 is 0 Å². The highest BCUT2D eigenvalue weighted by Crippen LogP contribution is 2.41. The lowest BCUT2D eigenvalue weighted by Gasteiger charge is -2.33. The van der Waals surface area contributed by atoms with Crippen LogP contribution in [0, 0.1) is 11.8 Å². The Morgan fingerprint density at radius 3 is 1.33 bits per heavy atom. The van der Waals surface area contributed by atoms with E-state index in [9.17, 15) is 9.59 Å². The first-order valence-electron chi connectivity index (χ1n) is 8.01. The Morgan fingerprint density at radius 2 is 1.00 bits per heavy atom. The van der Waals surface area contributed by atoms with Crippen LogP contribution in [0.25, 0.3) is 0 Å². The van der Waals surface area contributed by atoms with Crippen molar-refractivity contribution in [3.63, 3.8) is 0 Å². The van der Waals surface area contributed by atoms with E-state index < -0.39 is 0 Å². The maximum Gasteiger partial charge on any atom is 0.226 e. The van der Waals surface area contributed by atoms with Crippen LogP contribution in [0.4, 0.5) is 0 Å². The van der Waals surface area contributed by atoms with Crippen molar-refractivity contribution in [2.75, 3.05) is 66.5 Å². The van der Waals surface area contributed by atoms with Gasteiger partial charge < -0.3 is 19.6 Å².